The molecule has 0 bridgehead atoms. The van der Waals surface area contributed by atoms with E-state index in [2.05, 4.69) is 16.0 Å². The summed E-state index contributed by atoms with van der Waals surface area (Å²) in [6.07, 6.45) is 0.593. The van der Waals surface area contributed by atoms with Crippen molar-refractivity contribution in [3.63, 3.8) is 0 Å². The van der Waals surface area contributed by atoms with Gasteiger partial charge in [0.2, 0.25) is 0 Å². The van der Waals surface area contributed by atoms with Crippen LogP contribution >= 0.6 is 8.53 Å². The standard InChI is InChI=1S/C13H26N2O3P/c1-10(2)13(16)18-19(15-12(5)6)17-9-7-8-14-11(3)4/h10-12,15H,7,9H2,1-6H3/q+1. The van der Waals surface area contributed by atoms with E-state index in [0.717, 1.165) is 0 Å². The van der Waals surface area contributed by atoms with Crippen LogP contribution in [0.5, 0.6) is 0 Å². The summed E-state index contributed by atoms with van der Waals surface area (Å²) < 4.78 is 10.8. The van der Waals surface area contributed by atoms with Crippen LogP contribution in [-0.2, 0) is 13.8 Å². The van der Waals surface area contributed by atoms with Crippen LogP contribution in [0.2, 0.25) is 0 Å². The molecule has 0 aliphatic rings. The first-order chi connectivity index (χ1) is 8.82. The first-order valence-electron chi connectivity index (χ1n) is 6.66. The fraction of sp³-hybridized carbons (Fsp3) is 0.846. The zero-order valence-corrected chi connectivity index (χ0v) is 13.7. The lowest BCUT2D eigenvalue weighted by molar-refractivity contribution is -0.137. The Bertz CT molecular complexity index is 322. The van der Waals surface area contributed by atoms with Crippen LogP contribution in [0.1, 0.15) is 48.0 Å². The third-order valence-electron chi connectivity index (χ3n) is 1.78. The van der Waals surface area contributed by atoms with Gasteiger partial charge in [0.25, 0.3) is 12.1 Å². The van der Waals surface area contributed by atoms with E-state index in [1.807, 2.05) is 27.7 Å². The Balaban J connectivity index is 4.14. The van der Waals surface area contributed by atoms with Crippen LogP contribution in [0, 0.1) is 12.0 Å². The summed E-state index contributed by atoms with van der Waals surface area (Å²) in [6, 6.07) is 3.35. The maximum atomic E-state index is 11.6. The predicted molar refractivity (Wildman–Crippen MR) is 79.1 cm³/mol. The molecule has 0 aliphatic heterocycles. The molecule has 0 fully saturated rings. The Morgan fingerprint density at radius 1 is 1.26 bits per heavy atom. The molecule has 0 aromatic rings. The van der Waals surface area contributed by atoms with E-state index in [1.54, 1.807) is 13.8 Å². The molecule has 110 valence electrons. The number of hydrogen-bond donors (Lipinski definition) is 1. The van der Waals surface area contributed by atoms with Gasteiger partial charge < -0.3 is 9.05 Å². The van der Waals surface area contributed by atoms with Crippen LogP contribution < -0.4 is 5.09 Å². The van der Waals surface area contributed by atoms with E-state index >= 15 is 0 Å². The van der Waals surface area contributed by atoms with Crippen molar-refractivity contribution in [1.82, 2.24) is 5.09 Å². The van der Waals surface area contributed by atoms with Crippen molar-refractivity contribution in [2.24, 2.45) is 5.92 Å². The summed E-state index contributed by atoms with van der Waals surface area (Å²) in [4.78, 5) is 15.7. The van der Waals surface area contributed by atoms with Crippen molar-refractivity contribution in [1.29, 1.82) is 0 Å². The van der Waals surface area contributed by atoms with Gasteiger partial charge in [-0.25, -0.2) is 5.09 Å². The summed E-state index contributed by atoms with van der Waals surface area (Å²) in [7, 11) is -1.39. The van der Waals surface area contributed by atoms with Crippen molar-refractivity contribution in [3.05, 3.63) is 4.85 Å². The Kier molecular flexibility index (Phi) is 9.77. The van der Waals surface area contributed by atoms with Crippen molar-refractivity contribution in [3.8, 4) is 6.07 Å². The molecule has 1 unspecified atom stereocenters. The minimum atomic E-state index is -1.39. The molecule has 0 heterocycles. The molecule has 0 saturated heterocycles. The molecule has 0 aromatic carbocycles. The van der Waals surface area contributed by atoms with Crippen molar-refractivity contribution in [2.75, 3.05) is 6.61 Å². The van der Waals surface area contributed by atoms with Crippen molar-refractivity contribution >= 4 is 14.5 Å². The highest BCUT2D eigenvalue weighted by atomic mass is 31.2. The topological polar surface area (TPSA) is 51.9 Å². The predicted octanol–water partition coefficient (Wildman–Crippen LogP) is 3.56. The Morgan fingerprint density at radius 3 is 2.37 bits per heavy atom. The molecular weight excluding hydrogens is 263 g/mol. The number of carbonyl (C=O) groups is 1. The first-order valence-corrected chi connectivity index (χ1v) is 7.84. The molecule has 0 saturated carbocycles. The van der Waals surface area contributed by atoms with Gasteiger partial charge >= 0.3 is 14.5 Å². The highest BCUT2D eigenvalue weighted by molar-refractivity contribution is 7.45. The average molecular weight is 289 g/mol. The zero-order valence-electron chi connectivity index (χ0n) is 12.8. The summed E-state index contributed by atoms with van der Waals surface area (Å²) in [6.45, 7) is 12.0. The Morgan fingerprint density at radius 2 is 1.89 bits per heavy atom. The Hall–Kier alpha value is -0.690. The van der Waals surface area contributed by atoms with Gasteiger partial charge in [0.05, 0.1) is 12.5 Å². The summed E-state index contributed by atoms with van der Waals surface area (Å²) >= 11 is 0. The van der Waals surface area contributed by atoms with Gasteiger partial charge in [-0.1, -0.05) is 18.7 Å². The van der Waals surface area contributed by atoms with Crippen LogP contribution in [0.3, 0.4) is 0 Å². The molecule has 0 aliphatic carbocycles. The number of nitrogens with one attached hydrogen (secondary N) is 1. The van der Waals surface area contributed by atoms with E-state index in [-0.39, 0.29) is 24.0 Å². The lowest BCUT2D eigenvalue weighted by atomic mass is 10.2. The fourth-order valence-electron chi connectivity index (χ4n) is 0.909. The quantitative estimate of drug-likeness (QED) is 0.575. The van der Waals surface area contributed by atoms with Crippen LogP contribution in [0.4, 0.5) is 0 Å². The molecule has 0 spiro atoms. The lowest BCUT2D eigenvalue weighted by Gasteiger charge is -2.19. The smallest absolute Gasteiger partial charge is 0.320 e. The first kappa shape index (κ1) is 18.3. The highest BCUT2D eigenvalue weighted by Gasteiger charge is 2.19. The van der Waals surface area contributed by atoms with Gasteiger partial charge in [0, 0.05) is 19.9 Å². The SMILES string of the molecule is CC(C)[N+]#CCCOP(NC(C)C)OC(=O)C(C)C. The second-order valence-electron chi connectivity index (χ2n) is 5.07. The molecule has 0 rings (SSSR count). The monoisotopic (exact) mass is 289 g/mol. The number of carbonyl (C=O) groups excluding carboxylic acids is 1. The van der Waals surface area contributed by atoms with E-state index in [4.69, 9.17) is 9.05 Å². The maximum Gasteiger partial charge on any atom is 0.320 e. The van der Waals surface area contributed by atoms with Gasteiger partial charge in [0.1, 0.15) is 6.42 Å². The van der Waals surface area contributed by atoms with Crippen LogP contribution in [0.25, 0.3) is 4.85 Å². The van der Waals surface area contributed by atoms with Gasteiger partial charge in [0.15, 0.2) is 0 Å². The average Bonchev–Trinajstić information content (AvgIpc) is 2.26. The molecule has 0 amide bonds. The Labute approximate surface area is 117 Å². The van der Waals surface area contributed by atoms with Gasteiger partial charge in [-0.15, -0.1) is 0 Å². The summed E-state index contributed by atoms with van der Waals surface area (Å²) in [5.74, 6) is -0.407. The summed E-state index contributed by atoms with van der Waals surface area (Å²) in [5.41, 5.74) is 0. The molecule has 1 atom stereocenters. The normalized spacial score (nSPS) is 12.5. The van der Waals surface area contributed by atoms with Gasteiger partial charge in [-0.05, 0) is 13.8 Å². The van der Waals surface area contributed by atoms with Crippen LogP contribution in [0.15, 0.2) is 0 Å². The second kappa shape index (κ2) is 10.1. The molecule has 0 aromatic heterocycles. The number of hydrogen-bond acceptors (Lipinski definition) is 4. The minimum absolute atomic E-state index is 0.156. The van der Waals surface area contributed by atoms with Crippen molar-refractivity contribution < 1.29 is 13.8 Å². The van der Waals surface area contributed by atoms with E-state index in [1.165, 1.54) is 0 Å². The van der Waals surface area contributed by atoms with Gasteiger partial charge in [-0.3, -0.25) is 4.79 Å². The molecule has 6 heteroatoms. The fourth-order valence-corrected chi connectivity index (χ4v) is 2.14. The largest absolute Gasteiger partial charge is 0.403 e. The second-order valence-corrected chi connectivity index (χ2v) is 6.28. The third-order valence-corrected chi connectivity index (χ3v) is 3.27. The molecule has 19 heavy (non-hydrogen) atoms. The van der Waals surface area contributed by atoms with Crippen LogP contribution in [-0.4, -0.2) is 24.7 Å². The van der Waals surface area contributed by atoms with Gasteiger partial charge in [-0.2, -0.15) is 0 Å². The molecule has 1 N–H and O–H groups in total. The van der Waals surface area contributed by atoms with Crippen molar-refractivity contribution in [2.45, 2.75) is 60.0 Å². The van der Waals surface area contributed by atoms with E-state index in [9.17, 15) is 4.79 Å². The number of nitrogens with zero attached hydrogens (tertiary/aromatic N) is 1. The molecular formula is C13H26N2O3P+. The summed E-state index contributed by atoms with van der Waals surface area (Å²) in [5, 5.41) is 3.11. The molecule has 0 radical (unpaired) electrons. The number of rotatable bonds is 7. The zero-order chi connectivity index (χ0) is 14.8. The van der Waals surface area contributed by atoms with E-state index in [0.29, 0.717) is 13.0 Å². The lowest BCUT2D eigenvalue weighted by Crippen LogP contribution is -2.22. The minimum Gasteiger partial charge on any atom is -0.403 e. The highest BCUT2D eigenvalue weighted by Crippen LogP contribution is 2.35. The molecule has 5 nitrogen and oxygen atoms in total. The third kappa shape index (κ3) is 10.9. The maximum absolute atomic E-state index is 11.6. The van der Waals surface area contributed by atoms with E-state index < -0.39 is 8.53 Å².